The van der Waals surface area contributed by atoms with Crippen LogP contribution in [-0.4, -0.2) is 26.5 Å². The largest absolute Gasteiger partial charge is 0.478 e. The van der Waals surface area contributed by atoms with Crippen LogP contribution < -0.4 is 10.7 Å². The SMILES string of the molecule is O=C(O)c1ccc(Cc2c[nH]c3ccc(C(=O)NCn4cccc4)cc3c2=O)cc1. The molecule has 0 aliphatic rings. The summed E-state index contributed by atoms with van der Waals surface area (Å²) in [7, 11) is 0. The second-order valence-electron chi connectivity index (χ2n) is 6.94. The zero-order chi connectivity index (χ0) is 21.1. The maximum absolute atomic E-state index is 13.0. The molecule has 4 rings (SSSR count). The molecule has 3 N–H and O–H groups in total. The number of hydrogen-bond donors (Lipinski definition) is 3. The van der Waals surface area contributed by atoms with Crippen LogP contribution in [0.5, 0.6) is 0 Å². The van der Waals surface area contributed by atoms with Crippen molar-refractivity contribution in [3.05, 3.63) is 106 Å². The lowest BCUT2D eigenvalue weighted by molar-refractivity contribution is 0.0696. The van der Waals surface area contributed by atoms with E-state index in [-0.39, 0.29) is 16.9 Å². The van der Waals surface area contributed by atoms with Crippen LogP contribution in [0.2, 0.25) is 0 Å². The van der Waals surface area contributed by atoms with Crippen LogP contribution in [0, 0.1) is 0 Å². The number of H-pyrrole nitrogens is 1. The molecule has 7 nitrogen and oxygen atoms in total. The van der Waals surface area contributed by atoms with Crippen LogP contribution in [0.4, 0.5) is 0 Å². The van der Waals surface area contributed by atoms with E-state index >= 15 is 0 Å². The van der Waals surface area contributed by atoms with Gasteiger partial charge in [0.15, 0.2) is 5.43 Å². The Labute approximate surface area is 171 Å². The van der Waals surface area contributed by atoms with Gasteiger partial charge in [-0.3, -0.25) is 9.59 Å². The Morgan fingerprint density at radius 2 is 1.70 bits per heavy atom. The summed E-state index contributed by atoms with van der Waals surface area (Å²) in [5.41, 5.74) is 2.45. The third-order valence-electron chi connectivity index (χ3n) is 4.90. The van der Waals surface area contributed by atoms with Crippen molar-refractivity contribution in [2.45, 2.75) is 13.1 Å². The second-order valence-corrected chi connectivity index (χ2v) is 6.94. The number of hydrogen-bond acceptors (Lipinski definition) is 3. The lowest BCUT2D eigenvalue weighted by Gasteiger charge is -2.08. The Morgan fingerprint density at radius 3 is 2.40 bits per heavy atom. The molecule has 0 saturated carbocycles. The van der Waals surface area contributed by atoms with Gasteiger partial charge in [-0.25, -0.2) is 4.79 Å². The highest BCUT2D eigenvalue weighted by molar-refractivity contribution is 5.97. The summed E-state index contributed by atoms with van der Waals surface area (Å²) in [5.74, 6) is -1.26. The molecule has 0 saturated heterocycles. The molecule has 0 aliphatic heterocycles. The molecule has 0 bridgehead atoms. The molecule has 30 heavy (non-hydrogen) atoms. The Morgan fingerprint density at radius 1 is 1.00 bits per heavy atom. The van der Waals surface area contributed by atoms with Crippen molar-refractivity contribution >= 4 is 22.8 Å². The molecule has 0 unspecified atom stereocenters. The quantitative estimate of drug-likeness (QED) is 0.462. The minimum absolute atomic E-state index is 0.161. The molecule has 0 aliphatic carbocycles. The minimum atomic E-state index is -0.993. The third-order valence-corrected chi connectivity index (χ3v) is 4.90. The summed E-state index contributed by atoms with van der Waals surface area (Å²) in [5, 5.41) is 12.3. The molecular formula is C23H19N3O4. The summed E-state index contributed by atoms with van der Waals surface area (Å²) in [4.78, 5) is 39.5. The van der Waals surface area contributed by atoms with Crippen molar-refractivity contribution in [3.8, 4) is 0 Å². The molecule has 0 radical (unpaired) electrons. The van der Waals surface area contributed by atoms with Crippen LogP contribution in [0.3, 0.4) is 0 Å². The molecule has 0 fully saturated rings. The minimum Gasteiger partial charge on any atom is -0.478 e. The average Bonchev–Trinajstić information content (AvgIpc) is 3.28. The highest BCUT2D eigenvalue weighted by atomic mass is 16.4. The number of aromatic carboxylic acids is 1. The van der Waals surface area contributed by atoms with Crippen LogP contribution >= 0.6 is 0 Å². The number of pyridine rings is 1. The van der Waals surface area contributed by atoms with Crippen molar-refractivity contribution in [2.75, 3.05) is 0 Å². The topological polar surface area (TPSA) is 104 Å². The van der Waals surface area contributed by atoms with Gasteiger partial charge in [0, 0.05) is 47.0 Å². The van der Waals surface area contributed by atoms with E-state index in [1.807, 2.05) is 29.1 Å². The first-order valence-corrected chi connectivity index (χ1v) is 9.37. The lowest BCUT2D eigenvalue weighted by Crippen LogP contribution is -2.25. The fourth-order valence-electron chi connectivity index (χ4n) is 3.26. The standard InChI is InChI=1S/C23H19N3O4/c27-21-18(11-15-3-5-16(6-4-15)23(29)30)13-24-20-8-7-17(12-19(20)21)22(28)25-14-26-9-1-2-10-26/h1-10,12-13H,11,14H2,(H,24,27)(H,25,28)(H,29,30). The van der Waals surface area contributed by atoms with Gasteiger partial charge in [0.05, 0.1) is 12.2 Å². The van der Waals surface area contributed by atoms with E-state index in [2.05, 4.69) is 10.3 Å². The number of amides is 1. The smallest absolute Gasteiger partial charge is 0.335 e. The summed E-state index contributed by atoms with van der Waals surface area (Å²) in [6.07, 6.45) is 5.71. The maximum Gasteiger partial charge on any atom is 0.335 e. The number of carbonyl (C=O) groups excluding carboxylic acids is 1. The number of carboxylic acid groups (broad SMARTS) is 1. The number of nitrogens with one attached hydrogen (secondary N) is 2. The molecule has 0 spiro atoms. The van der Waals surface area contributed by atoms with Crippen molar-refractivity contribution in [1.82, 2.24) is 14.9 Å². The molecule has 2 heterocycles. The summed E-state index contributed by atoms with van der Waals surface area (Å²) < 4.78 is 1.83. The Balaban J connectivity index is 1.58. The van der Waals surface area contributed by atoms with Gasteiger partial charge >= 0.3 is 5.97 Å². The van der Waals surface area contributed by atoms with E-state index in [9.17, 15) is 14.4 Å². The number of carboxylic acids is 1. The van der Waals surface area contributed by atoms with Crippen molar-refractivity contribution < 1.29 is 14.7 Å². The number of aromatic nitrogens is 2. The molecule has 1 amide bonds. The highest BCUT2D eigenvalue weighted by Crippen LogP contribution is 2.14. The van der Waals surface area contributed by atoms with E-state index in [0.717, 1.165) is 5.56 Å². The molecule has 0 atom stereocenters. The normalized spacial score (nSPS) is 10.8. The fourth-order valence-corrected chi connectivity index (χ4v) is 3.26. The Hall–Kier alpha value is -4.13. The van der Waals surface area contributed by atoms with Crippen molar-refractivity contribution in [3.63, 3.8) is 0 Å². The van der Waals surface area contributed by atoms with Gasteiger partial charge in [-0.05, 0) is 48.0 Å². The number of carbonyl (C=O) groups is 2. The fraction of sp³-hybridized carbons (Fsp3) is 0.0870. The molecule has 2 aromatic carbocycles. The number of fused-ring (bicyclic) bond motifs is 1. The molecule has 4 aromatic rings. The van der Waals surface area contributed by atoms with Crippen molar-refractivity contribution in [2.24, 2.45) is 0 Å². The number of nitrogens with zero attached hydrogens (tertiary/aromatic N) is 1. The summed E-state index contributed by atoms with van der Waals surface area (Å²) >= 11 is 0. The molecule has 150 valence electrons. The van der Waals surface area contributed by atoms with Gasteiger partial charge < -0.3 is 20.0 Å². The molecule has 2 aromatic heterocycles. The zero-order valence-corrected chi connectivity index (χ0v) is 16.0. The number of aromatic amines is 1. The van der Waals surface area contributed by atoms with Gasteiger partial charge in [-0.15, -0.1) is 0 Å². The van der Waals surface area contributed by atoms with Gasteiger partial charge in [-0.1, -0.05) is 12.1 Å². The monoisotopic (exact) mass is 401 g/mol. The van der Waals surface area contributed by atoms with E-state index in [0.29, 0.717) is 35.1 Å². The predicted octanol–water partition coefficient (Wildman–Crippen LogP) is 3.01. The molecule has 7 heteroatoms. The summed E-state index contributed by atoms with van der Waals surface area (Å²) in [6, 6.07) is 15.1. The van der Waals surface area contributed by atoms with Gasteiger partial charge in [0.25, 0.3) is 5.91 Å². The maximum atomic E-state index is 13.0. The van der Waals surface area contributed by atoms with Crippen LogP contribution in [0.15, 0.2) is 78.0 Å². The zero-order valence-electron chi connectivity index (χ0n) is 16.0. The van der Waals surface area contributed by atoms with Gasteiger partial charge in [0.2, 0.25) is 0 Å². The van der Waals surface area contributed by atoms with E-state index < -0.39 is 5.97 Å². The number of rotatable bonds is 6. The first kappa shape index (κ1) is 19.2. The van der Waals surface area contributed by atoms with Gasteiger partial charge in [0.1, 0.15) is 0 Å². The van der Waals surface area contributed by atoms with Gasteiger partial charge in [-0.2, -0.15) is 0 Å². The highest BCUT2D eigenvalue weighted by Gasteiger charge is 2.11. The Bertz CT molecular complexity index is 1270. The number of benzene rings is 2. The first-order chi connectivity index (χ1) is 14.5. The van der Waals surface area contributed by atoms with Crippen molar-refractivity contribution in [1.29, 1.82) is 0 Å². The summed E-state index contributed by atoms with van der Waals surface area (Å²) in [6.45, 7) is 0.340. The van der Waals surface area contributed by atoms with Crippen LogP contribution in [-0.2, 0) is 13.1 Å². The average molecular weight is 401 g/mol. The van der Waals surface area contributed by atoms with E-state index in [1.54, 1.807) is 36.5 Å². The predicted molar refractivity (Wildman–Crippen MR) is 113 cm³/mol. The van der Waals surface area contributed by atoms with E-state index in [4.69, 9.17) is 5.11 Å². The third kappa shape index (κ3) is 4.00. The van der Waals surface area contributed by atoms with Crippen LogP contribution in [0.1, 0.15) is 31.8 Å². The van der Waals surface area contributed by atoms with E-state index in [1.165, 1.54) is 12.1 Å². The Kier molecular flexibility index (Phi) is 5.17. The lowest BCUT2D eigenvalue weighted by atomic mass is 10.0. The second kappa shape index (κ2) is 8.08. The first-order valence-electron chi connectivity index (χ1n) is 9.37. The molecular weight excluding hydrogens is 382 g/mol. The van der Waals surface area contributed by atoms with Crippen LogP contribution in [0.25, 0.3) is 10.9 Å².